The molecule has 1 aromatic heterocycles. The van der Waals surface area contributed by atoms with Gasteiger partial charge in [0.05, 0.1) is 0 Å². The SMILES string of the molecule is CNC(Cc1ncnn1C(C)C)C1CCCC1(C)C. The first kappa shape index (κ1) is 14.5. The van der Waals surface area contributed by atoms with Gasteiger partial charge in [0.1, 0.15) is 12.2 Å². The van der Waals surface area contributed by atoms with Crippen molar-refractivity contribution in [2.45, 2.75) is 65.5 Å². The van der Waals surface area contributed by atoms with Gasteiger partial charge in [0.2, 0.25) is 0 Å². The topological polar surface area (TPSA) is 42.7 Å². The van der Waals surface area contributed by atoms with Crippen LogP contribution in [0.3, 0.4) is 0 Å². The Balaban J connectivity index is 2.13. The minimum Gasteiger partial charge on any atom is -0.316 e. The molecule has 0 spiro atoms. The van der Waals surface area contributed by atoms with Crippen molar-refractivity contribution < 1.29 is 0 Å². The molecule has 0 bridgehead atoms. The van der Waals surface area contributed by atoms with Crippen molar-refractivity contribution in [2.24, 2.45) is 11.3 Å². The maximum Gasteiger partial charge on any atom is 0.138 e. The maximum absolute atomic E-state index is 4.46. The summed E-state index contributed by atoms with van der Waals surface area (Å²) in [7, 11) is 2.08. The van der Waals surface area contributed by atoms with Crippen LogP contribution in [-0.2, 0) is 6.42 Å². The lowest BCUT2D eigenvalue weighted by atomic mass is 9.76. The molecule has 1 N–H and O–H groups in total. The van der Waals surface area contributed by atoms with E-state index in [9.17, 15) is 0 Å². The van der Waals surface area contributed by atoms with E-state index in [1.807, 2.05) is 4.68 Å². The van der Waals surface area contributed by atoms with Crippen molar-refractivity contribution in [3.63, 3.8) is 0 Å². The fourth-order valence-corrected chi connectivity index (χ4v) is 3.59. The van der Waals surface area contributed by atoms with Crippen LogP contribution in [-0.4, -0.2) is 27.9 Å². The van der Waals surface area contributed by atoms with E-state index in [0.29, 0.717) is 17.5 Å². The second kappa shape index (κ2) is 5.61. The predicted molar refractivity (Wildman–Crippen MR) is 78.1 cm³/mol. The molecule has 2 atom stereocenters. The standard InChI is InChI=1S/C15H28N4/c1-11(2)19-14(17-10-18-19)9-13(16-5)12-7-6-8-15(12,3)4/h10-13,16H,6-9H2,1-5H3. The lowest BCUT2D eigenvalue weighted by molar-refractivity contribution is 0.198. The zero-order chi connectivity index (χ0) is 14.0. The summed E-state index contributed by atoms with van der Waals surface area (Å²) < 4.78 is 2.05. The number of nitrogens with one attached hydrogen (secondary N) is 1. The molecule has 1 heterocycles. The van der Waals surface area contributed by atoms with Crippen LogP contribution in [0.15, 0.2) is 6.33 Å². The average molecular weight is 264 g/mol. The van der Waals surface area contributed by atoms with Crippen LogP contribution in [0.4, 0.5) is 0 Å². The molecule has 4 nitrogen and oxygen atoms in total. The average Bonchev–Trinajstić information content (AvgIpc) is 2.92. The first-order valence-corrected chi connectivity index (χ1v) is 7.51. The van der Waals surface area contributed by atoms with Gasteiger partial charge in [0, 0.05) is 18.5 Å². The Morgan fingerprint density at radius 2 is 2.21 bits per heavy atom. The highest BCUT2D eigenvalue weighted by molar-refractivity contribution is 4.98. The largest absolute Gasteiger partial charge is 0.316 e. The predicted octanol–water partition coefficient (Wildman–Crippen LogP) is 2.82. The molecule has 1 aromatic rings. The molecular formula is C15H28N4. The Kier molecular flexibility index (Phi) is 4.29. The molecule has 0 aliphatic heterocycles. The summed E-state index contributed by atoms with van der Waals surface area (Å²) in [4.78, 5) is 4.46. The summed E-state index contributed by atoms with van der Waals surface area (Å²) in [5.41, 5.74) is 0.441. The quantitative estimate of drug-likeness (QED) is 0.889. The second-order valence-electron chi connectivity index (χ2n) is 6.80. The number of likely N-dealkylation sites (N-methyl/N-ethyl adjacent to an activating group) is 1. The summed E-state index contributed by atoms with van der Waals surface area (Å²) in [6.07, 6.45) is 6.68. The molecule has 0 saturated heterocycles. The smallest absolute Gasteiger partial charge is 0.138 e. The normalized spacial score (nSPS) is 24.0. The molecule has 19 heavy (non-hydrogen) atoms. The highest BCUT2D eigenvalue weighted by Gasteiger charge is 2.39. The number of aromatic nitrogens is 3. The molecule has 0 radical (unpaired) electrons. The highest BCUT2D eigenvalue weighted by Crippen LogP contribution is 2.44. The van der Waals surface area contributed by atoms with Crippen LogP contribution in [0.2, 0.25) is 0 Å². The van der Waals surface area contributed by atoms with Gasteiger partial charge in [-0.2, -0.15) is 5.10 Å². The van der Waals surface area contributed by atoms with Crippen LogP contribution >= 0.6 is 0 Å². The summed E-state index contributed by atoms with van der Waals surface area (Å²) in [5.74, 6) is 1.84. The second-order valence-corrected chi connectivity index (χ2v) is 6.80. The Bertz CT molecular complexity index is 408. The number of nitrogens with zero attached hydrogens (tertiary/aromatic N) is 3. The van der Waals surface area contributed by atoms with E-state index in [0.717, 1.165) is 18.2 Å². The summed E-state index contributed by atoms with van der Waals surface area (Å²) in [5, 5.41) is 7.87. The molecule has 1 fully saturated rings. The van der Waals surface area contributed by atoms with E-state index in [1.54, 1.807) is 6.33 Å². The van der Waals surface area contributed by atoms with Crippen LogP contribution < -0.4 is 5.32 Å². The van der Waals surface area contributed by atoms with Gasteiger partial charge >= 0.3 is 0 Å². The molecule has 1 aliphatic rings. The maximum atomic E-state index is 4.46. The lowest BCUT2D eigenvalue weighted by Gasteiger charge is -2.34. The van der Waals surface area contributed by atoms with Gasteiger partial charge in [-0.3, -0.25) is 0 Å². The first-order chi connectivity index (χ1) is 8.95. The summed E-state index contributed by atoms with van der Waals surface area (Å²) in [6.45, 7) is 9.13. The van der Waals surface area contributed by atoms with Gasteiger partial charge < -0.3 is 5.32 Å². The van der Waals surface area contributed by atoms with Gasteiger partial charge in [0.25, 0.3) is 0 Å². The van der Waals surface area contributed by atoms with Gasteiger partial charge in [-0.05, 0) is 45.1 Å². The van der Waals surface area contributed by atoms with E-state index in [-0.39, 0.29) is 0 Å². The molecule has 108 valence electrons. The molecule has 4 heteroatoms. The van der Waals surface area contributed by atoms with Crippen molar-refractivity contribution in [1.29, 1.82) is 0 Å². The van der Waals surface area contributed by atoms with Crippen LogP contribution in [0.1, 0.15) is 58.8 Å². The third-order valence-corrected chi connectivity index (χ3v) is 4.74. The van der Waals surface area contributed by atoms with Crippen molar-refractivity contribution in [2.75, 3.05) is 7.05 Å². The molecule has 1 saturated carbocycles. The molecule has 2 rings (SSSR count). The number of hydrogen-bond acceptors (Lipinski definition) is 3. The third-order valence-electron chi connectivity index (χ3n) is 4.74. The highest BCUT2D eigenvalue weighted by atomic mass is 15.3. The van der Waals surface area contributed by atoms with Crippen LogP contribution in [0.25, 0.3) is 0 Å². The van der Waals surface area contributed by atoms with E-state index in [1.165, 1.54) is 19.3 Å². The van der Waals surface area contributed by atoms with E-state index >= 15 is 0 Å². The van der Waals surface area contributed by atoms with Gasteiger partial charge in [-0.1, -0.05) is 20.3 Å². The molecule has 2 unspecified atom stereocenters. The van der Waals surface area contributed by atoms with Crippen LogP contribution in [0, 0.1) is 11.3 Å². The number of rotatable bonds is 5. The van der Waals surface area contributed by atoms with E-state index in [2.05, 4.69) is 50.1 Å². The Morgan fingerprint density at radius 1 is 1.47 bits per heavy atom. The zero-order valence-electron chi connectivity index (χ0n) is 13.0. The Labute approximate surface area is 117 Å². The Morgan fingerprint density at radius 3 is 2.74 bits per heavy atom. The molecule has 0 aromatic carbocycles. The van der Waals surface area contributed by atoms with Gasteiger partial charge in [0.15, 0.2) is 0 Å². The van der Waals surface area contributed by atoms with Gasteiger partial charge in [-0.15, -0.1) is 0 Å². The van der Waals surface area contributed by atoms with Crippen molar-refractivity contribution in [3.8, 4) is 0 Å². The zero-order valence-corrected chi connectivity index (χ0v) is 13.0. The van der Waals surface area contributed by atoms with Crippen LogP contribution in [0.5, 0.6) is 0 Å². The fourth-order valence-electron chi connectivity index (χ4n) is 3.59. The van der Waals surface area contributed by atoms with Crippen molar-refractivity contribution >= 4 is 0 Å². The van der Waals surface area contributed by atoms with Gasteiger partial charge in [-0.25, -0.2) is 9.67 Å². The fraction of sp³-hybridized carbons (Fsp3) is 0.867. The summed E-state index contributed by atoms with van der Waals surface area (Å²) in [6, 6.07) is 0.880. The van der Waals surface area contributed by atoms with Crippen molar-refractivity contribution in [3.05, 3.63) is 12.2 Å². The molecule has 0 amide bonds. The number of hydrogen-bond donors (Lipinski definition) is 1. The minimum absolute atomic E-state index is 0.381. The first-order valence-electron chi connectivity index (χ1n) is 7.51. The Hall–Kier alpha value is -0.900. The van der Waals surface area contributed by atoms with E-state index in [4.69, 9.17) is 0 Å². The lowest BCUT2D eigenvalue weighted by Crippen LogP contribution is -2.41. The van der Waals surface area contributed by atoms with E-state index < -0.39 is 0 Å². The van der Waals surface area contributed by atoms with Crippen molar-refractivity contribution in [1.82, 2.24) is 20.1 Å². The summed E-state index contributed by atoms with van der Waals surface area (Å²) >= 11 is 0. The third kappa shape index (κ3) is 2.99. The molecule has 1 aliphatic carbocycles. The minimum atomic E-state index is 0.381. The molecular weight excluding hydrogens is 236 g/mol. The monoisotopic (exact) mass is 264 g/mol.